The van der Waals surface area contributed by atoms with Crippen molar-refractivity contribution >= 4 is 45.3 Å². The van der Waals surface area contributed by atoms with Crippen LogP contribution in [0.25, 0.3) is 0 Å². The van der Waals surface area contributed by atoms with Gasteiger partial charge in [0.05, 0.1) is 11.8 Å². The van der Waals surface area contributed by atoms with E-state index in [4.69, 9.17) is 4.74 Å². The van der Waals surface area contributed by atoms with E-state index >= 15 is 0 Å². The number of likely N-dealkylation sites (tertiary alicyclic amines) is 1. The number of imide groups is 1. The highest BCUT2D eigenvalue weighted by atomic mass is 79.9. The molecule has 198 valence electrons. The third-order valence-electron chi connectivity index (χ3n) is 8.28. The van der Waals surface area contributed by atoms with Crippen molar-refractivity contribution in [1.82, 2.24) is 4.90 Å². The van der Waals surface area contributed by atoms with E-state index in [1.54, 1.807) is 6.07 Å². The highest BCUT2D eigenvalue weighted by Gasteiger charge is 2.62. The maximum Gasteiger partial charge on any atom is 0.329 e. The fraction of sp³-hybridized carbons (Fsp3) is 0.290. The number of halogens is 1. The molecule has 0 aromatic heterocycles. The topological polar surface area (TPSA) is 92.8 Å². The Labute approximate surface area is 234 Å². The van der Waals surface area contributed by atoms with Crippen molar-refractivity contribution in [2.45, 2.75) is 38.1 Å². The van der Waals surface area contributed by atoms with Crippen LogP contribution in [0.15, 0.2) is 71.2 Å². The Kier molecular flexibility index (Phi) is 6.38. The molecular weight excluding hydrogens is 560 g/mol. The van der Waals surface area contributed by atoms with Crippen LogP contribution in [-0.4, -0.2) is 41.2 Å². The van der Waals surface area contributed by atoms with Gasteiger partial charge in [-0.3, -0.25) is 19.3 Å². The molecule has 7 rings (SSSR count). The minimum Gasteiger partial charge on any atom is -0.454 e. The van der Waals surface area contributed by atoms with Gasteiger partial charge >= 0.3 is 5.97 Å². The maximum absolute atomic E-state index is 13.8. The number of rotatable bonds is 6. The smallest absolute Gasteiger partial charge is 0.329 e. The zero-order valence-electron chi connectivity index (χ0n) is 21.5. The van der Waals surface area contributed by atoms with Gasteiger partial charge in [0.15, 0.2) is 6.61 Å². The van der Waals surface area contributed by atoms with Crippen LogP contribution in [0.1, 0.15) is 53.5 Å². The summed E-state index contributed by atoms with van der Waals surface area (Å²) in [4.78, 5) is 54.2. The molecule has 8 heteroatoms. The van der Waals surface area contributed by atoms with Crippen LogP contribution in [-0.2, 0) is 30.3 Å². The number of hydrogen-bond donors (Lipinski definition) is 1. The van der Waals surface area contributed by atoms with Crippen molar-refractivity contribution < 1.29 is 23.9 Å². The monoisotopic (exact) mass is 586 g/mol. The molecule has 1 N–H and O–H groups in total. The van der Waals surface area contributed by atoms with E-state index in [2.05, 4.69) is 21.2 Å². The first-order valence-electron chi connectivity index (χ1n) is 13.1. The summed E-state index contributed by atoms with van der Waals surface area (Å²) >= 11 is 3.42. The quantitative estimate of drug-likeness (QED) is 0.331. The molecule has 1 saturated heterocycles. The molecule has 1 heterocycles. The molecule has 3 aliphatic carbocycles. The van der Waals surface area contributed by atoms with Crippen LogP contribution in [0.4, 0.5) is 5.69 Å². The summed E-state index contributed by atoms with van der Waals surface area (Å²) in [5.74, 6) is -3.65. The molecule has 1 fully saturated rings. The van der Waals surface area contributed by atoms with E-state index in [1.165, 1.54) is 6.92 Å². The highest BCUT2D eigenvalue weighted by Crippen LogP contribution is 2.61. The van der Waals surface area contributed by atoms with E-state index in [1.807, 2.05) is 67.6 Å². The molecule has 0 spiro atoms. The molecule has 3 amide bonds. The molecule has 39 heavy (non-hydrogen) atoms. The Morgan fingerprint density at radius 2 is 1.41 bits per heavy atom. The Balaban J connectivity index is 1.20. The van der Waals surface area contributed by atoms with Crippen molar-refractivity contribution in [3.05, 3.63) is 99.0 Å². The zero-order chi connectivity index (χ0) is 27.4. The van der Waals surface area contributed by atoms with Crippen molar-refractivity contribution in [2.24, 2.45) is 11.8 Å². The van der Waals surface area contributed by atoms with Crippen LogP contribution in [0, 0.1) is 11.8 Å². The summed E-state index contributed by atoms with van der Waals surface area (Å²) in [7, 11) is 0. The Hall–Kier alpha value is -3.78. The summed E-state index contributed by atoms with van der Waals surface area (Å²) in [6.45, 7) is 2.94. The minimum absolute atomic E-state index is 0.249. The molecule has 0 saturated carbocycles. The van der Waals surface area contributed by atoms with Crippen molar-refractivity contribution in [3.63, 3.8) is 0 Å². The molecule has 3 atom stereocenters. The molecule has 7 nitrogen and oxygen atoms in total. The first-order valence-corrected chi connectivity index (χ1v) is 13.9. The van der Waals surface area contributed by atoms with Crippen molar-refractivity contribution in [1.29, 1.82) is 0 Å². The first kappa shape index (κ1) is 25.5. The minimum atomic E-state index is -1.15. The molecule has 0 radical (unpaired) electrons. The second kappa shape index (κ2) is 9.75. The molecule has 2 bridgehead atoms. The number of hydrogen-bond acceptors (Lipinski definition) is 5. The molecule has 3 aromatic rings. The lowest BCUT2D eigenvalue weighted by molar-refractivity contribution is -0.159. The first-order chi connectivity index (χ1) is 18.8. The number of nitrogens with one attached hydrogen (secondary N) is 1. The molecule has 3 aromatic carbocycles. The van der Waals surface area contributed by atoms with Gasteiger partial charge in [-0.15, -0.1) is 0 Å². The average molecular weight is 587 g/mol. The van der Waals surface area contributed by atoms with Gasteiger partial charge in [-0.05, 0) is 59.4 Å². The van der Waals surface area contributed by atoms with Crippen LogP contribution in [0.3, 0.4) is 0 Å². The van der Waals surface area contributed by atoms with E-state index in [9.17, 15) is 19.2 Å². The largest absolute Gasteiger partial charge is 0.454 e. The van der Waals surface area contributed by atoms with Gasteiger partial charge in [-0.25, -0.2) is 4.79 Å². The van der Waals surface area contributed by atoms with Gasteiger partial charge in [0.25, 0.3) is 5.91 Å². The average Bonchev–Trinajstić information content (AvgIpc) is 3.22. The van der Waals surface area contributed by atoms with E-state index in [0.29, 0.717) is 12.1 Å². The third-order valence-corrected chi connectivity index (χ3v) is 8.77. The van der Waals surface area contributed by atoms with Gasteiger partial charge in [-0.2, -0.15) is 0 Å². The second-order valence-electron chi connectivity index (χ2n) is 10.3. The number of amides is 3. The Morgan fingerprint density at radius 1 is 0.897 bits per heavy atom. The lowest BCUT2D eigenvalue weighted by Gasteiger charge is -2.45. The van der Waals surface area contributed by atoms with Crippen LogP contribution in [0.2, 0.25) is 0 Å². The number of aryl methyl sites for hydroxylation is 1. The van der Waals surface area contributed by atoms with Crippen LogP contribution < -0.4 is 5.32 Å². The fourth-order valence-corrected chi connectivity index (χ4v) is 7.02. The van der Waals surface area contributed by atoms with Crippen molar-refractivity contribution in [2.75, 3.05) is 11.9 Å². The standard InChI is InChI=1S/C31H27BrN2O5/c1-3-17-14-18(32)12-13-23(17)33-24(35)15-39-31(38)16(2)34-29(36)27-25-19-8-4-5-9-20(19)26(28(27)30(34)37)22-11-7-6-10-21(22)25/h4-14,16,25-28H,3,15H2,1-2H3,(H,33,35)/t16-,25?,26?,27-,28+/m0/s1. The summed E-state index contributed by atoms with van der Waals surface area (Å²) in [6.07, 6.45) is 0.711. The van der Waals surface area contributed by atoms with Crippen LogP contribution in [0.5, 0.6) is 0 Å². The normalized spacial score (nSPS) is 23.1. The third kappa shape index (κ3) is 4.00. The predicted molar refractivity (Wildman–Crippen MR) is 148 cm³/mol. The summed E-state index contributed by atoms with van der Waals surface area (Å²) in [5.41, 5.74) is 5.84. The number of anilines is 1. The summed E-state index contributed by atoms with van der Waals surface area (Å²) in [5, 5.41) is 2.77. The SMILES string of the molecule is CCc1cc(Br)ccc1NC(=O)COC(=O)[C@H](C)N1C(=O)[C@@H]2C3c4ccccc4C(c4ccccc43)[C@@H]2C1=O. The van der Waals surface area contributed by atoms with Gasteiger partial charge in [-0.1, -0.05) is 71.4 Å². The number of nitrogens with zero attached hydrogens (tertiary/aromatic N) is 1. The van der Waals surface area contributed by atoms with E-state index < -0.39 is 36.4 Å². The van der Waals surface area contributed by atoms with Gasteiger partial charge < -0.3 is 10.1 Å². The molecule has 4 aliphatic rings. The number of carbonyl (C=O) groups excluding carboxylic acids is 4. The predicted octanol–water partition coefficient (Wildman–Crippen LogP) is 4.77. The van der Waals surface area contributed by atoms with E-state index in [0.717, 1.165) is 37.2 Å². The number of benzene rings is 3. The highest BCUT2D eigenvalue weighted by molar-refractivity contribution is 9.10. The second-order valence-corrected chi connectivity index (χ2v) is 11.2. The number of esters is 1. The van der Waals surface area contributed by atoms with E-state index in [-0.39, 0.29) is 23.7 Å². The molecule has 0 unspecified atom stereocenters. The molecular formula is C31H27BrN2O5. The van der Waals surface area contributed by atoms with Gasteiger partial charge in [0.1, 0.15) is 6.04 Å². The maximum atomic E-state index is 13.8. The van der Waals surface area contributed by atoms with Gasteiger partial charge in [0, 0.05) is 22.0 Å². The zero-order valence-corrected chi connectivity index (χ0v) is 23.1. The lowest BCUT2D eigenvalue weighted by atomic mass is 9.55. The number of carbonyl (C=O) groups is 4. The number of ether oxygens (including phenoxy) is 1. The van der Waals surface area contributed by atoms with Crippen molar-refractivity contribution in [3.8, 4) is 0 Å². The summed E-state index contributed by atoms with van der Waals surface area (Å²) in [6, 6.07) is 20.3. The Bertz CT molecular complexity index is 1420. The lowest BCUT2D eigenvalue weighted by Crippen LogP contribution is -2.45. The fourth-order valence-electron chi connectivity index (χ4n) is 6.61. The van der Waals surface area contributed by atoms with Gasteiger partial charge in [0.2, 0.25) is 11.8 Å². The van der Waals surface area contributed by atoms with Crippen LogP contribution >= 0.6 is 15.9 Å². The Morgan fingerprint density at radius 3 is 1.90 bits per heavy atom. The summed E-state index contributed by atoms with van der Waals surface area (Å²) < 4.78 is 6.18. The molecule has 1 aliphatic heterocycles.